The van der Waals surface area contributed by atoms with E-state index in [4.69, 9.17) is 0 Å². The molecule has 6 heteroatoms. The van der Waals surface area contributed by atoms with Gasteiger partial charge in [-0.25, -0.2) is 16.4 Å². The van der Waals surface area contributed by atoms with Crippen LogP contribution >= 0.6 is 0 Å². The average molecular weight is 144 g/mol. The first kappa shape index (κ1) is 10.2. The van der Waals surface area contributed by atoms with Crippen molar-refractivity contribution in [3.63, 3.8) is 0 Å². The van der Waals surface area contributed by atoms with Crippen molar-refractivity contribution < 1.29 is 16.4 Å². The first-order chi connectivity index (χ1) is 2.00. The molecule has 0 aromatic heterocycles. The molecule has 0 aromatic carbocycles. The fourth-order valence-corrected chi connectivity index (χ4v) is 0. The zero-order chi connectivity index (χ0) is 4.50. The van der Waals surface area contributed by atoms with Crippen molar-refractivity contribution in [3.8, 4) is 0 Å². The van der Waals surface area contributed by atoms with E-state index in [2.05, 4.69) is 0 Å². The van der Waals surface area contributed by atoms with Gasteiger partial charge in [0, 0.05) is 37.7 Å². The van der Waals surface area contributed by atoms with Crippen molar-refractivity contribution in [2.24, 2.45) is 0 Å². The summed E-state index contributed by atoms with van der Waals surface area (Å²) >= 11 is 0. The summed E-state index contributed by atoms with van der Waals surface area (Å²) in [6.07, 6.45) is 0. The average Bonchev–Trinajstić information content (AvgIpc) is 0.722. The Balaban J connectivity index is 0. The van der Waals surface area contributed by atoms with Crippen LogP contribution in [0, 0.1) is 0 Å². The number of rotatable bonds is 0. The smallest absolute Gasteiger partial charge is 0.211 e. The fourth-order valence-electron chi connectivity index (χ4n) is 0. The molecule has 0 saturated carbocycles. The molecule has 6 heavy (non-hydrogen) atoms. The molecule has 0 aromatic rings. The first-order valence-electron chi connectivity index (χ1n) is 0.756. The van der Waals surface area contributed by atoms with Crippen LogP contribution in [-0.4, -0.2) is 47.1 Å². The SMILES string of the molecule is F[Si](F)(F)F.[Ca]. The van der Waals surface area contributed by atoms with Crippen LogP contribution in [0.3, 0.4) is 0 Å². The maximum absolute atomic E-state index is 9.83. The molecule has 0 saturated heterocycles. The molecular formula is CaF4Si. The summed E-state index contributed by atoms with van der Waals surface area (Å²) in [5, 5.41) is 0. The van der Waals surface area contributed by atoms with E-state index in [1.807, 2.05) is 0 Å². The van der Waals surface area contributed by atoms with E-state index in [1.54, 1.807) is 0 Å². The topological polar surface area (TPSA) is 0 Å². The van der Waals surface area contributed by atoms with Crippen LogP contribution in [0.1, 0.15) is 0 Å². The van der Waals surface area contributed by atoms with Crippen molar-refractivity contribution in [1.82, 2.24) is 0 Å². The Morgan fingerprint density at radius 3 is 0.833 bits per heavy atom. The van der Waals surface area contributed by atoms with E-state index < -0.39 is 9.41 Å². The standard InChI is InChI=1S/Ca.F4Si/c;1-5(2,3)4. The van der Waals surface area contributed by atoms with E-state index in [9.17, 15) is 16.4 Å². The van der Waals surface area contributed by atoms with Crippen molar-refractivity contribution in [1.29, 1.82) is 0 Å². The summed E-state index contributed by atoms with van der Waals surface area (Å²) in [6, 6.07) is 0. The third-order valence-corrected chi connectivity index (χ3v) is 0. The van der Waals surface area contributed by atoms with Crippen LogP contribution in [0.5, 0.6) is 0 Å². The van der Waals surface area contributed by atoms with Gasteiger partial charge in [0.15, 0.2) is 0 Å². The second-order valence-electron chi connectivity index (χ2n) is 0.429. The predicted octanol–water partition coefficient (Wildman–Crippen LogP) is 0.919. The molecule has 34 valence electrons. The minimum atomic E-state index is -6.61. The van der Waals surface area contributed by atoms with Gasteiger partial charge in [0.25, 0.3) is 0 Å². The van der Waals surface area contributed by atoms with Gasteiger partial charge in [0.05, 0.1) is 0 Å². The molecule has 0 bridgehead atoms. The van der Waals surface area contributed by atoms with E-state index in [0.717, 1.165) is 0 Å². The van der Waals surface area contributed by atoms with Crippen LogP contribution in [0.15, 0.2) is 0 Å². The molecule has 0 aliphatic rings. The van der Waals surface area contributed by atoms with E-state index >= 15 is 0 Å². The Morgan fingerprint density at radius 1 is 0.833 bits per heavy atom. The maximum Gasteiger partial charge on any atom is 0.844 e. The Kier molecular flexibility index (Phi) is 5.51. The number of halogens is 4. The quantitative estimate of drug-likeness (QED) is 0.269. The molecule has 0 unspecified atom stereocenters. The molecule has 0 N–H and O–H groups in total. The van der Waals surface area contributed by atoms with Crippen LogP contribution < -0.4 is 0 Å². The predicted molar refractivity (Wildman–Crippen MR) is 15.9 cm³/mol. The van der Waals surface area contributed by atoms with E-state index in [0.29, 0.717) is 0 Å². The van der Waals surface area contributed by atoms with Gasteiger partial charge in [-0.15, -0.1) is 0 Å². The minimum Gasteiger partial charge on any atom is -0.211 e. The van der Waals surface area contributed by atoms with E-state index in [-0.39, 0.29) is 37.7 Å². The summed E-state index contributed by atoms with van der Waals surface area (Å²) in [7, 11) is -6.61. The monoisotopic (exact) mass is 144 g/mol. The summed E-state index contributed by atoms with van der Waals surface area (Å²) in [4.78, 5) is 0. The zero-order valence-electron chi connectivity index (χ0n) is 2.72. The summed E-state index contributed by atoms with van der Waals surface area (Å²) in [5.41, 5.74) is 0. The van der Waals surface area contributed by atoms with Gasteiger partial charge in [-0.05, 0) is 0 Å². The molecule has 0 rings (SSSR count). The number of hydrogen-bond acceptors (Lipinski definition) is 0. The molecule has 0 aliphatic carbocycles. The van der Waals surface area contributed by atoms with Crippen LogP contribution in [0.4, 0.5) is 16.4 Å². The Morgan fingerprint density at radius 2 is 0.833 bits per heavy atom. The molecule has 0 nitrogen and oxygen atoms in total. The van der Waals surface area contributed by atoms with Gasteiger partial charge in [-0.1, -0.05) is 0 Å². The molecule has 0 heterocycles. The molecule has 0 aliphatic heterocycles. The summed E-state index contributed by atoms with van der Waals surface area (Å²) in [5.74, 6) is 0. The van der Waals surface area contributed by atoms with Gasteiger partial charge in [0.2, 0.25) is 0 Å². The summed E-state index contributed by atoms with van der Waals surface area (Å²) < 4.78 is 39.3. The van der Waals surface area contributed by atoms with Crippen LogP contribution in [0.25, 0.3) is 0 Å². The number of hydrogen-bond donors (Lipinski definition) is 0. The molecule has 0 atom stereocenters. The minimum absolute atomic E-state index is 0. The molecular weight excluding hydrogens is 144 g/mol. The second kappa shape index (κ2) is 3.23. The summed E-state index contributed by atoms with van der Waals surface area (Å²) in [6.45, 7) is 0. The maximum atomic E-state index is 9.83. The molecule has 2 radical (unpaired) electrons. The molecule has 0 spiro atoms. The van der Waals surface area contributed by atoms with Gasteiger partial charge >= 0.3 is 9.41 Å². The van der Waals surface area contributed by atoms with Crippen molar-refractivity contribution in [2.75, 3.05) is 0 Å². The first-order valence-corrected chi connectivity index (χ1v) is 2.27. The van der Waals surface area contributed by atoms with Crippen LogP contribution in [0.2, 0.25) is 0 Å². The third kappa shape index (κ3) is 63.9. The Hall–Kier alpha value is 1.20. The third-order valence-electron chi connectivity index (χ3n) is 0. The van der Waals surface area contributed by atoms with E-state index in [1.165, 1.54) is 0 Å². The molecule has 0 amide bonds. The second-order valence-corrected chi connectivity index (χ2v) is 1.29. The van der Waals surface area contributed by atoms with Gasteiger partial charge < -0.3 is 0 Å². The van der Waals surface area contributed by atoms with Gasteiger partial charge in [-0.3, -0.25) is 0 Å². The fraction of sp³-hybridized carbons (Fsp3) is 0. The van der Waals surface area contributed by atoms with Gasteiger partial charge in [0.1, 0.15) is 0 Å². The molecule has 0 fully saturated rings. The Labute approximate surface area is 63.2 Å². The van der Waals surface area contributed by atoms with Gasteiger partial charge in [-0.2, -0.15) is 0 Å². The van der Waals surface area contributed by atoms with Crippen molar-refractivity contribution in [2.45, 2.75) is 0 Å². The van der Waals surface area contributed by atoms with Crippen molar-refractivity contribution in [3.05, 3.63) is 0 Å². The van der Waals surface area contributed by atoms with Crippen molar-refractivity contribution >= 4 is 47.1 Å². The normalized spacial score (nSPS) is 10.0. The largest absolute Gasteiger partial charge is 0.844 e. The Bertz CT molecular complexity index is 23.0. The zero-order valence-corrected chi connectivity index (χ0v) is 5.93. The van der Waals surface area contributed by atoms with Crippen LogP contribution in [-0.2, 0) is 0 Å².